The number of methoxy groups -OCH3 is 1. The molecule has 0 spiro atoms. The minimum atomic E-state index is -0.204. The summed E-state index contributed by atoms with van der Waals surface area (Å²) >= 11 is 12.4. The van der Waals surface area contributed by atoms with E-state index in [4.69, 9.17) is 23.2 Å². The molecule has 0 radical (unpaired) electrons. The van der Waals surface area contributed by atoms with Crippen molar-refractivity contribution in [3.63, 3.8) is 0 Å². The highest BCUT2D eigenvalue weighted by Gasteiger charge is 2.24. The molecule has 0 heterocycles. The molecule has 0 unspecified atom stereocenters. The number of esters is 1. The topological polar surface area (TPSA) is 55.4 Å². The van der Waals surface area contributed by atoms with Crippen molar-refractivity contribution in [1.82, 2.24) is 5.32 Å². The van der Waals surface area contributed by atoms with Crippen LogP contribution in [-0.2, 0) is 14.3 Å². The number of carbonyl (C=O) groups is 2. The Morgan fingerprint density at radius 3 is 2.11 bits per heavy atom. The van der Waals surface area contributed by atoms with Gasteiger partial charge in [0.1, 0.15) is 0 Å². The summed E-state index contributed by atoms with van der Waals surface area (Å²) in [4.78, 5) is 23.5. The lowest BCUT2D eigenvalue weighted by atomic mass is 10.0. The summed E-state index contributed by atoms with van der Waals surface area (Å²) in [5.41, 5.74) is 4.75. The van der Waals surface area contributed by atoms with E-state index in [0.29, 0.717) is 23.0 Å². The first-order valence-corrected chi connectivity index (χ1v) is 9.92. The molecule has 146 valence electrons. The Hall–Kier alpha value is -2.30. The van der Waals surface area contributed by atoms with Gasteiger partial charge in [-0.15, -0.1) is 0 Å². The molecule has 0 atom stereocenters. The first kappa shape index (κ1) is 20.4. The molecular weight excluding hydrogens is 397 g/mol. The van der Waals surface area contributed by atoms with Crippen LogP contribution in [-0.4, -0.2) is 25.5 Å². The highest BCUT2D eigenvalue weighted by molar-refractivity contribution is 6.32. The largest absolute Gasteiger partial charge is 0.469 e. The minimum absolute atomic E-state index is 0.165. The fourth-order valence-electron chi connectivity index (χ4n) is 3.32. The quantitative estimate of drug-likeness (QED) is 0.324. The Balaban J connectivity index is 1.68. The summed E-state index contributed by atoms with van der Waals surface area (Å²) in [6, 6.07) is 11.4. The van der Waals surface area contributed by atoms with Crippen LogP contribution in [0.25, 0.3) is 16.7 Å². The molecule has 6 heteroatoms. The van der Waals surface area contributed by atoms with Crippen LogP contribution < -0.4 is 5.32 Å². The summed E-state index contributed by atoms with van der Waals surface area (Å²) in [6.45, 7) is 0.550. The summed E-state index contributed by atoms with van der Waals surface area (Å²) in [5, 5.41) is 4.14. The van der Waals surface area contributed by atoms with Crippen molar-refractivity contribution in [2.45, 2.75) is 25.7 Å². The first-order chi connectivity index (χ1) is 13.5. The van der Waals surface area contributed by atoms with E-state index in [0.717, 1.165) is 47.1 Å². The maximum absolute atomic E-state index is 12.4. The molecule has 4 nitrogen and oxygen atoms in total. The van der Waals surface area contributed by atoms with Gasteiger partial charge in [0.25, 0.3) is 0 Å². The van der Waals surface area contributed by atoms with Gasteiger partial charge in [-0.3, -0.25) is 9.59 Å². The van der Waals surface area contributed by atoms with E-state index in [1.807, 2.05) is 36.4 Å². The van der Waals surface area contributed by atoms with E-state index < -0.39 is 0 Å². The Bertz CT molecular complexity index is 884. The number of amides is 1. The molecule has 2 aromatic rings. The monoisotopic (exact) mass is 417 g/mol. The van der Waals surface area contributed by atoms with E-state index in [2.05, 4.69) is 10.1 Å². The molecular formula is C22H21Cl2NO3. The number of benzene rings is 2. The number of halogens is 2. The third-order valence-corrected chi connectivity index (χ3v) is 5.16. The van der Waals surface area contributed by atoms with Crippen molar-refractivity contribution in [3.8, 4) is 11.1 Å². The molecule has 0 fully saturated rings. The third kappa shape index (κ3) is 4.75. The van der Waals surface area contributed by atoms with Crippen molar-refractivity contribution < 1.29 is 14.3 Å². The molecule has 1 aliphatic rings. The molecule has 2 aromatic carbocycles. The van der Waals surface area contributed by atoms with Gasteiger partial charge in [0.05, 0.1) is 7.11 Å². The summed E-state index contributed by atoms with van der Waals surface area (Å²) in [6.07, 6.45) is 4.41. The second-order valence-electron chi connectivity index (χ2n) is 6.62. The number of hydrogen-bond donors (Lipinski definition) is 1. The Morgan fingerprint density at radius 2 is 1.54 bits per heavy atom. The zero-order chi connectivity index (χ0) is 20.1. The van der Waals surface area contributed by atoms with Gasteiger partial charge in [-0.1, -0.05) is 41.8 Å². The van der Waals surface area contributed by atoms with Gasteiger partial charge in [0, 0.05) is 29.1 Å². The fraction of sp³-hybridized carbons (Fsp3) is 0.273. The van der Waals surface area contributed by atoms with Gasteiger partial charge in [0.15, 0.2) is 0 Å². The molecule has 0 saturated carbocycles. The zero-order valence-electron chi connectivity index (χ0n) is 15.6. The molecule has 1 aliphatic carbocycles. The number of hydrogen-bond acceptors (Lipinski definition) is 3. The van der Waals surface area contributed by atoms with Crippen LogP contribution >= 0.6 is 23.2 Å². The van der Waals surface area contributed by atoms with E-state index in [1.54, 1.807) is 6.08 Å². The van der Waals surface area contributed by atoms with Crippen molar-refractivity contribution >= 4 is 40.7 Å². The van der Waals surface area contributed by atoms with E-state index in [1.165, 1.54) is 7.11 Å². The van der Waals surface area contributed by atoms with Crippen molar-refractivity contribution in [3.05, 3.63) is 63.6 Å². The summed E-state index contributed by atoms with van der Waals surface area (Å²) in [7, 11) is 1.38. The predicted molar refractivity (Wildman–Crippen MR) is 112 cm³/mol. The minimum Gasteiger partial charge on any atom is -0.469 e. The second-order valence-corrected chi connectivity index (χ2v) is 7.49. The molecule has 0 bridgehead atoms. The zero-order valence-corrected chi connectivity index (χ0v) is 17.1. The SMILES string of the molecule is COC(=O)CCCCCNC(=O)C=C1c2cc(Cl)ccc2-c2ccc(Cl)cc21. The molecule has 28 heavy (non-hydrogen) atoms. The number of unbranched alkanes of at least 4 members (excludes halogenated alkanes) is 2. The van der Waals surface area contributed by atoms with Crippen LogP contribution in [0.2, 0.25) is 10.0 Å². The Morgan fingerprint density at radius 1 is 0.929 bits per heavy atom. The van der Waals surface area contributed by atoms with Gasteiger partial charge in [-0.25, -0.2) is 0 Å². The van der Waals surface area contributed by atoms with Crippen molar-refractivity contribution in [2.24, 2.45) is 0 Å². The molecule has 0 aromatic heterocycles. The fourth-order valence-corrected chi connectivity index (χ4v) is 3.66. The van der Waals surface area contributed by atoms with Gasteiger partial charge >= 0.3 is 5.97 Å². The standard InChI is InChI=1S/C22H21Cl2NO3/c1-28-22(27)5-3-2-4-10-25-21(26)13-20-18-11-14(23)6-8-16(18)17-9-7-15(24)12-19(17)20/h6-9,11-13H,2-5,10H2,1H3,(H,25,26). The van der Waals surface area contributed by atoms with Crippen molar-refractivity contribution in [2.75, 3.05) is 13.7 Å². The average molecular weight is 418 g/mol. The third-order valence-electron chi connectivity index (χ3n) is 4.69. The lowest BCUT2D eigenvalue weighted by Gasteiger charge is -2.06. The molecule has 1 N–H and O–H groups in total. The van der Waals surface area contributed by atoms with Crippen LogP contribution in [0.5, 0.6) is 0 Å². The number of rotatable bonds is 7. The van der Waals surface area contributed by atoms with E-state index >= 15 is 0 Å². The first-order valence-electron chi connectivity index (χ1n) is 9.16. The van der Waals surface area contributed by atoms with E-state index in [9.17, 15) is 9.59 Å². The molecule has 3 rings (SSSR count). The predicted octanol–water partition coefficient (Wildman–Crippen LogP) is 5.26. The number of carbonyl (C=O) groups excluding carboxylic acids is 2. The van der Waals surface area contributed by atoms with Crippen LogP contribution in [0.3, 0.4) is 0 Å². The van der Waals surface area contributed by atoms with Crippen molar-refractivity contribution in [1.29, 1.82) is 0 Å². The van der Waals surface area contributed by atoms with Gasteiger partial charge < -0.3 is 10.1 Å². The number of fused-ring (bicyclic) bond motifs is 3. The highest BCUT2D eigenvalue weighted by Crippen LogP contribution is 2.45. The average Bonchev–Trinajstić information content (AvgIpc) is 2.96. The van der Waals surface area contributed by atoms with E-state index in [-0.39, 0.29) is 11.9 Å². The summed E-state index contributed by atoms with van der Waals surface area (Å²) < 4.78 is 4.61. The maximum Gasteiger partial charge on any atom is 0.305 e. The van der Waals surface area contributed by atoms with Gasteiger partial charge in [0.2, 0.25) is 5.91 Å². The smallest absolute Gasteiger partial charge is 0.305 e. The maximum atomic E-state index is 12.4. The van der Waals surface area contributed by atoms with Gasteiger partial charge in [-0.05, 0) is 64.9 Å². The van der Waals surface area contributed by atoms with Crippen LogP contribution in [0, 0.1) is 0 Å². The number of ether oxygens (including phenoxy) is 1. The Kier molecular flexibility index (Phi) is 6.76. The van der Waals surface area contributed by atoms with Crippen LogP contribution in [0.1, 0.15) is 36.8 Å². The summed E-state index contributed by atoms with van der Waals surface area (Å²) in [5.74, 6) is -0.369. The Labute approximate surface area is 174 Å². The molecule has 1 amide bonds. The van der Waals surface area contributed by atoms with Gasteiger partial charge in [-0.2, -0.15) is 0 Å². The molecule has 0 aliphatic heterocycles. The van der Waals surface area contributed by atoms with Crippen LogP contribution in [0.15, 0.2) is 42.5 Å². The lowest BCUT2D eigenvalue weighted by Crippen LogP contribution is -2.22. The highest BCUT2D eigenvalue weighted by atomic mass is 35.5. The second kappa shape index (κ2) is 9.26. The normalized spacial score (nSPS) is 11.6. The lowest BCUT2D eigenvalue weighted by molar-refractivity contribution is -0.140. The number of nitrogens with one attached hydrogen (secondary N) is 1. The molecule has 0 saturated heterocycles. The van der Waals surface area contributed by atoms with Crippen LogP contribution in [0.4, 0.5) is 0 Å².